The Bertz CT molecular complexity index is 140. The zero-order valence-electron chi connectivity index (χ0n) is 7.60. The number of hydrogen-bond donors (Lipinski definition) is 0. The number of unbranched alkanes of at least 4 members (excludes halogenated alkanes) is 1. The normalized spacial score (nSPS) is 31.3. The zero-order chi connectivity index (χ0) is 8.27. The molecule has 0 amide bonds. The highest BCUT2D eigenvalue weighted by Gasteiger charge is 2.29. The minimum absolute atomic E-state index is 0.363. The van der Waals surface area contributed by atoms with Crippen molar-refractivity contribution in [2.24, 2.45) is 11.8 Å². The average Bonchev–Trinajstić information content (AvgIpc) is 2.31. The number of carbonyl (C=O) groups is 1. The molecule has 0 aliphatic heterocycles. The molecule has 64 valence electrons. The van der Waals surface area contributed by atoms with E-state index in [0.717, 1.165) is 12.8 Å². The van der Waals surface area contributed by atoms with Gasteiger partial charge in [0.1, 0.15) is 5.78 Å². The fourth-order valence-corrected chi connectivity index (χ4v) is 1.93. The molecule has 0 bridgehead atoms. The van der Waals surface area contributed by atoms with Crippen LogP contribution in [0.1, 0.15) is 46.0 Å². The molecule has 2 atom stereocenters. The van der Waals surface area contributed by atoms with E-state index in [9.17, 15) is 4.79 Å². The van der Waals surface area contributed by atoms with E-state index in [-0.39, 0.29) is 0 Å². The van der Waals surface area contributed by atoms with Gasteiger partial charge >= 0.3 is 0 Å². The standard InChI is InChI=1S/C10H18O/c1-3-4-5-9-6-7-10(11)8(9)2/h8-9H,3-7H2,1-2H3/t8-,9-/m1/s1. The van der Waals surface area contributed by atoms with Crippen LogP contribution >= 0.6 is 0 Å². The minimum Gasteiger partial charge on any atom is -0.299 e. The Balaban J connectivity index is 2.30. The van der Waals surface area contributed by atoms with Crippen LogP contribution in [0.15, 0.2) is 0 Å². The molecule has 0 aromatic heterocycles. The monoisotopic (exact) mass is 154 g/mol. The van der Waals surface area contributed by atoms with E-state index in [0.29, 0.717) is 17.6 Å². The Labute approximate surface area is 69.2 Å². The van der Waals surface area contributed by atoms with Gasteiger partial charge in [0.2, 0.25) is 0 Å². The van der Waals surface area contributed by atoms with Gasteiger partial charge < -0.3 is 0 Å². The summed E-state index contributed by atoms with van der Waals surface area (Å²) in [4.78, 5) is 11.1. The van der Waals surface area contributed by atoms with Gasteiger partial charge in [0.05, 0.1) is 0 Å². The van der Waals surface area contributed by atoms with Crippen molar-refractivity contribution in [2.75, 3.05) is 0 Å². The van der Waals surface area contributed by atoms with Crippen LogP contribution in [0, 0.1) is 11.8 Å². The van der Waals surface area contributed by atoms with Crippen LogP contribution in [0.5, 0.6) is 0 Å². The van der Waals surface area contributed by atoms with Gasteiger partial charge in [-0.3, -0.25) is 4.79 Å². The molecule has 0 aromatic carbocycles. The topological polar surface area (TPSA) is 17.1 Å². The van der Waals surface area contributed by atoms with Crippen molar-refractivity contribution in [1.29, 1.82) is 0 Å². The van der Waals surface area contributed by atoms with E-state index >= 15 is 0 Å². The minimum atomic E-state index is 0.363. The van der Waals surface area contributed by atoms with E-state index in [1.807, 2.05) is 0 Å². The zero-order valence-corrected chi connectivity index (χ0v) is 7.60. The van der Waals surface area contributed by atoms with Crippen molar-refractivity contribution in [2.45, 2.75) is 46.0 Å². The predicted molar refractivity (Wildman–Crippen MR) is 46.4 cm³/mol. The largest absolute Gasteiger partial charge is 0.299 e. The summed E-state index contributed by atoms with van der Waals surface area (Å²) < 4.78 is 0. The van der Waals surface area contributed by atoms with Gasteiger partial charge in [0.25, 0.3) is 0 Å². The molecule has 0 heterocycles. The fraction of sp³-hybridized carbons (Fsp3) is 0.900. The van der Waals surface area contributed by atoms with E-state index < -0.39 is 0 Å². The predicted octanol–water partition coefficient (Wildman–Crippen LogP) is 2.79. The van der Waals surface area contributed by atoms with Crippen molar-refractivity contribution in [3.63, 3.8) is 0 Å². The molecule has 1 aliphatic carbocycles. The van der Waals surface area contributed by atoms with Gasteiger partial charge in [-0.15, -0.1) is 0 Å². The summed E-state index contributed by atoms with van der Waals surface area (Å²) in [6, 6.07) is 0. The second kappa shape index (κ2) is 3.89. The summed E-state index contributed by atoms with van der Waals surface area (Å²) in [5.41, 5.74) is 0. The number of rotatable bonds is 3. The third-order valence-electron chi connectivity index (χ3n) is 2.90. The molecule has 0 aromatic rings. The van der Waals surface area contributed by atoms with Gasteiger partial charge in [0, 0.05) is 12.3 Å². The van der Waals surface area contributed by atoms with Crippen molar-refractivity contribution in [1.82, 2.24) is 0 Å². The third-order valence-corrected chi connectivity index (χ3v) is 2.90. The van der Waals surface area contributed by atoms with Crippen LogP contribution in [0.3, 0.4) is 0 Å². The summed E-state index contributed by atoms with van der Waals surface area (Å²) >= 11 is 0. The fourth-order valence-electron chi connectivity index (χ4n) is 1.93. The third kappa shape index (κ3) is 2.05. The van der Waals surface area contributed by atoms with Gasteiger partial charge in [-0.25, -0.2) is 0 Å². The number of hydrogen-bond acceptors (Lipinski definition) is 1. The van der Waals surface area contributed by atoms with Crippen molar-refractivity contribution < 1.29 is 4.79 Å². The van der Waals surface area contributed by atoms with Crippen molar-refractivity contribution in [3.05, 3.63) is 0 Å². The van der Waals surface area contributed by atoms with E-state index in [1.165, 1.54) is 19.3 Å². The van der Waals surface area contributed by atoms with Crippen molar-refractivity contribution >= 4 is 5.78 Å². The first-order valence-corrected chi connectivity index (χ1v) is 4.78. The Morgan fingerprint density at radius 1 is 1.55 bits per heavy atom. The summed E-state index contributed by atoms with van der Waals surface area (Å²) in [5.74, 6) is 1.56. The van der Waals surface area contributed by atoms with Crippen LogP contribution in [0.2, 0.25) is 0 Å². The highest BCUT2D eigenvalue weighted by atomic mass is 16.1. The van der Waals surface area contributed by atoms with Crippen molar-refractivity contribution in [3.8, 4) is 0 Å². The first-order valence-electron chi connectivity index (χ1n) is 4.78. The lowest BCUT2D eigenvalue weighted by Gasteiger charge is -2.12. The molecular formula is C10H18O. The molecule has 1 heteroatoms. The molecule has 1 aliphatic rings. The first-order chi connectivity index (χ1) is 5.25. The lowest BCUT2D eigenvalue weighted by Crippen LogP contribution is -2.09. The summed E-state index contributed by atoms with van der Waals surface area (Å²) in [7, 11) is 0. The Kier molecular flexibility index (Phi) is 3.10. The maximum absolute atomic E-state index is 11.1. The number of Topliss-reactive ketones (excluding diaryl/α,β-unsaturated/α-hetero) is 1. The van der Waals surface area contributed by atoms with Gasteiger partial charge in [-0.2, -0.15) is 0 Å². The molecule has 0 saturated heterocycles. The molecule has 0 spiro atoms. The smallest absolute Gasteiger partial charge is 0.135 e. The molecule has 0 N–H and O–H groups in total. The van der Waals surface area contributed by atoms with Crippen LogP contribution in [0.4, 0.5) is 0 Å². The van der Waals surface area contributed by atoms with Crippen LogP contribution in [0.25, 0.3) is 0 Å². The Morgan fingerprint density at radius 3 is 2.73 bits per heavy atom. The maximum atomic E-state index is 11.1. The maximum Gasteiger partial charge on any atom is 0.135 e. The highest BCUT2D eigenvalue weighted by molar-refractivity contribution is 5.82. The molecule has 1 nitrogen and oxygen atoms in total. The SMILES string of the molecule is CCCC[C@@H]1CCC(=O)[C@@H]1C. The van der Waals surface area contributed by atoms with Gasteiger partial charge in [0.15, 0.2) is 0 Å². The van der Waals surface area contributed by atoms with Crippen LogP contribution in [-0.4, -0.2) is 5.78 Å². The number of carbonyl (C=O) groups excluding carboxylic acids is 1. The van der Waals surface area contributed by atoms with E-state index in [2.05, 4.69) is 13.8 Å². The molecule has 1 saturated carbocycles. The second-order valence-corrected chi connectivity index (χ2v) is 3.70. The van der Waals surface area contributed by atoms with Gasteiger partial charge in [-0.05, 0) is 18.8 Å². The first kappa shape index (κ1) is 8.76. The molecule has 0 unspecified atom stereocenters. The summed E-state index contributed by atoms with van der Waals surface area (Å²) in [6.07, 6.45) is 5.82. The van der Waals surface area contributed by atoms with Crippen LogP contribution in [-0.2, 0) is 4.79 Å². The molecule has 11 heavy (non-hydrogen) atoms. The average molecular weight is 154 g/mol. The summed E-state index contributed by atoms with van der Waals surface area (Å²) in [5, 5.41) is 0. The van der Waals surface area contributed by atoms with Gasteiger partial charge in [-0.1, -0.05) is 26.7 Å². The van der Waals surface area contributed by atoms with Crippen LogP contribution < -0.4 is 0 Å². The van der Waals surface area contributed by atoms with E-state index in [4.69, 9.17) is 0 Å². The van der Waals surface area contributed by atoms with E-state index in [1.54, 1.807) is 0 Å². The Hall–Kier alpha value is -0.330. The molecule has 1 rings (SSSR count). The second-order valence-electron chi connectivity index (χ2n) is 3.70. The number of ketones is 1. The highest BCUT2D eigenvalue weighted by Crippen LogP contribution is 2.31. The lowest BCUT2D eigenvalue weighted by molar-refractivity contribution is -0.120. The quantitative estimate of drug-likeness (QED) is 0.611. The lowest BCUT2D eigenvalue weighted by atomic mass is 9.92. The molecule has 1 fully saturated rings. The molecular weight excluding hydrogens is 136 g/mol. The Morgan fingerprint density at radius 2 is 2.27 bits per heavy atom. The molecule has 0 radical (unpaired) electrons. The summed E-state index contributed by atoms with van der Waals surface area (Å²) in [6.45, 7) is 4.30.